The molecule has 0 saturated carbocycles. The maximum Gasteiger partial charge on any atom is 0.453 e. The smallest absolute Gasteiger partial charge is 0.453 e. The van der Waals surface area contributed by atoms with Crippen LogP contribution in [-0.2, 0) is 17.5 Å². The summed E-state index contributed by atoms with van der Waals surface area (Å²) in [6, 6.07) is 11.6. The SMILES string of the molecule is Nc1nc(C(F)(F)F)nn1CC(=O)Nc1ccc(Oc2ccc(F)cc2)cc1. The first-order valence-electron chi connectivity index (χ1n) is 7.81. The Kier molecular flexibility index (Phi) is 5.16. The highest BCUT2D eigenvalue weighted by Gasteiger charge is 2.37. The number of anilines is 2. The van der Waals surface area contributed by atoms with Gasteiger partial charge in [0, 0.05) is 5.69 Å². The van der Waals surface area contributed by atoms with Gasteiger partial charge in [0.15, 0.2) is 0 Å². The molecule has 0 saturated heterocycles. The number of rotatable bonds is 5. The molecule has 0 bridgehead atoms. The van der Waals surface area contributed by atoms with E-state index in [-0.39, 0.29) is 5.82 Å². The molecule has 28 heavy (non-hydrogen) atoms. The summed E-state index contributed by atoms with van der Waals surface area (Å²) >= 11 is 0. The number of nitrogens with two attached hydrogens (primary N) is 1. The summed E-state index contributed by atoms with van der Waals surface area (Å²) in [6.07, 6.45) is -4.75. The average molecular weight is 395 g/mol. The van der Waals surface area contributed by atoms with E-state index in [1.54, 1.807) is 12.1 Å². The van der Waals surface area contributed by atoms with Crippen LogP contribution in [0.2, 0.25) is 0 Å². The number of hydrogen-bond acceptors (Lipinski definition) is 5. The lowest BCUT2D eigenvalue weighted by Gasteiger charge is -2.08. The number of nitrogens with zero attached hydrogens (tertiary/aromatic N) is 3. The van der Waals surface area contributed by atoms with Crippen LogP contribution < -0.4 is 15.8 Å². The fraction of sp³-hybridized carbons (Fsp3) is 0.118. The zero-order chi connectivity index (χ0) is 20.3. The van der Waals surface area contributed by atoms with Gasteiger partial charge in [-0.2, -0.15) is 18.2 Å². The standard InChI is InChI=1S/C17H13F4N5O2/c18-10-1-5-12(6-2-10)28-13-7-3-11(4-8-13)23-14(27)9-26-16(22)24-15(25-26)17(19,20)21/h1-8H,9H2,(H,23,27)(H2,22,24,25). The van der Waals surface area contributed by atoms with Crippen LogP contribution in [0.3, 0.4) is 0 Å². The molecule has 0 aliphatic rings. The van der Waals surface area contributed by atoms with E-state index in [4.69, 9.17) is 10.5 Å². The van der Waals surface area contributed by atoms with Gasteiger partial charge in [-0.15, -0.1) is 5.10 Å². The number of amides is 1. The minimum Gasteiger partial charge on any atom is -0.457 e. The molecule has 3 aromatic rings. The van der Waals surface area contributed by atoms with E-state index in [2.05, 4.69) is 15.4 Å². The summed E-state index contributed by atoms with van der Waals surface area (Å²) in [7, 11) is 0. The van der Waals surface area contributed by atoms with Crippen molar-refractivity contribution >= 4 is 17.5 Å². The summed E-state index contributed by atoms with van der Waals surface area (Å²) in [5.74, 6) is -2.09. The second-order valence-electron chi connectivity index (χ2n) is 5.58. The molecule has 1 heterocycles. The fourth-order valence-electron chi connectivity index (χ4n) is 2.17. The molecule has 1 aromatic heterocycles. The van der Waals surface area contributed by atoms with Crippen LogP contribution in [0.5, 0.6) is 11.5 Å². The molecule has 146 valence electrons. The zero-order valence-electron chi connectivity index (χ0n) is 14.1. The Morgan fingerprint density at radius 3 is 2.18 bits per heavy atom. The van der Waals surface area contributed by atoms with Crippen molar-refractivity contribution in [2.24, 2.45) is 0 Å². The lowest BCUT2D eigenvalue weighted by Crippen LogP contribution is -2.21. The van der Waals surface area contributed by atoms with Crippen LogP contribution in [0.1, 0.15) is 5.82 Å². The molecule has 0 spiro atoms. The summed E-state index contributed by atoms with van der Waals surface area (Å²) in [6.45, 7) is -0.539. The van der Waals surface area contributed by atoms with Crippen molar-refractivity contribution in [3.63, 3.8) is 0 Å². The highest BCUT2D eigenvalue weighted by atomic mass is 19.4. The first-order valence-corrected chi connectivity index (χ1v) is 7.81. The number of aromatic nitrogens is 3. The van der Waals surface area contributed by atoms with Crippen LogP contribution in [0.4, 0.5) is 29.2 Å². The number of alkyl halides is 3. The molecule has 7 nitrogen and oxygen atoms in total. The monoisotopic (exact) mass is 395 g/mol. The average Bonchev–Trinajstić information content (AvgIpc) is 2.99. The molecule has 0 unspecified atom stereocenters. The molecule has 3 rings (SSSR count). The van der Waals surface area contributed by atoms with Gasteiger partial charge in [0.2, 0.25) is 11.9 Å². The second-order valence-corrected chi connectivity index (χ2v) is 5.58. The molecule has 0 aliphatic heterocycles. The number of carbonyl (C=O) groups excluding carboxylic acids is 1. The van der Waals surface area contributed by atoms with Crippen LogP contribution in [0.15, 0.2) is 48.5 Å². The van der Waals surface area contributed by atoms with E-state index < -0.39 is 30.4 Å². The predicted octanol–water partition coefficient (Wildman–Crippen LogP) is 3.45. The minimum atomic E-state index is -4.75. The quantitative estimate of drug-likeness (QED) is 0.646. The van der Waals surface area contributed by atoms with Gasteiger partial charge in [0.25, 0.3) is 5.82 Å². The fourth-order valence-corrected chi connectivity index (χ4v) is 2.17. The summed E-state index contributed by atoms with van der Waals surface area (Å²) in [5, 5.41) is 5.67. The minimum absolute atomic E-state index is 0.381. The van der Waals surface area contributed by atoms with Gasteiger partial charge in [-0.1, -0.05) is 0 Å². The topological polar surface area (TPSA) is 95.1 Å². The molecule has 0 atom stereocenters. The Morgan fingerprint density at radius 1 is 1.07 bits per heavy atom. The van der Waals surface area contributed by atoms with Crippen molar-refractivity contribution in [1.82, 2.24) is 14.8 Å². The summed E-state index contributed by atoms with van der Waals surface area (Å²) in [4.78, 5) is 15.1. The molecule has 11 heteroatoms. The number of nitrogens with one attached hydrogen (secondary N) is 1. The van der Waals surface area contributed by atoms with Crippen molar-refractivity contribution < 1.29 is 27.1 Å². The molecule has 1 amide bonds. The van der Waals surface area contributed by atoms with Gasteiger partial charge in [0.1, 0.15) is 23.9 Å². The van der Waals surface area contributed by atoms with E-state index in [1.807, 2.05) is 0 Å². The zero-order valence-corrected chi connectivity index (χ0v) is 14.1. The number of nitrogen functional groups attached to an aromatic ring is 1. The Morgan fingerprint density at radius 2 is 1.64 bits per heavy atom. The third-order valence-corrected chi connectivity index (χ3v) is 3.43. The Hall–Kier alpha value is -3.63. The van der Waals surface area contributed by atoms with E-state index in [0.29, 0.717) is 21.9 Å². The van der Waals surface area contributed by atoms with Crippen molar-refractivity contribution in [3.05, 3.63) is 60.2 Å². The lowest BCUT2D eigenvalue weighted by molar-refractivity contribution is -0.145. The van der Waals surface area contributed by atoms with Crippen molar-refractivity contribution in [2.75, 3.05) is 11.1 Å². The first-order chi connectivity index (χ1) is 13.2. The molecule has 0 aliphatic carbocycles. The summed E-state index contributed by atoms with van der Waals surface area (Å²) < 4.78 is 56.7. The number of hydrogen-bond donors (Lipinski definition) is 2. The number of ether oxygens (including phenoxy) is 1. The van der Waals surface area contributed by atoms with E-state index in [0.717, 1.165) is 0 Å². The maximum absolute atomic E-state index is 12.9. The molecule has 3 N–H and O–H groups in total. The van der Waals surface area contributed by atoms with E-state index in [1.165, 1.54) is 36.4 Å². The number of benzene rings is 2. The largest absolute Gasteiger partial charge is 0.457 e. The van der Waals surface area contributed by atoms with Gasteiger partial charge < -0.3 is 15.8 Å². The molecule has 2 aromatic carbocycles. The Balaban J connectivity index is 1.60. The molecule has 0 radical (unpaired) electrons. The third kappa shape index (κ3) is 4.75. The lowest BCUT2D eigenvalue weighted by atomic mass is 10.3. The normalized spacial score (nSPS) is 11.3. The molecular weight excluding hydrogens is 382 g/mol. The molecular formula is C17H13F4N5O2. The first kappa shape index (κ1) is 19.1. The number of carbonyl (C=O) groups is 1. The van der Waals surface area contributed by atoms with E-state index in [9.17, 15) is 22.4 Å². The van der Waals surface area contributed by atoms with Gasteiger partial charge in [-0.25, -0.2) is 9.07 Å². The van der Waals surface area contributed by atoms with Crippen molar-refractivity contribution in [3.8, 4) is 11.5 Å². The van der Waals surface area contributed by atoms with Crippen molar-refractivity contribution in [1.29, 1.82) is 0 Å². The van der Waals surface area contributed by atoms with Crippen LogP contribution in [0, 0.1) is 5.82 Å². The van der Waals surface area contributed by atoms with Crippen LogP contribution in [0.25, 0.3) is 0 Å². The third-order valence-electron chi connectivity index (χ3n) is 3.43. The van der Waals surface area contributed by atoms with Crippen molar-refractivity contribution in [2.45, 2.75) is 12.7 Å². The predicted molar refractivity (Wildman–Crippen MR) is 91.0 cm³/mol. The highest BCUT2D eigenvalue weighted by Crippen LogP contribution is 2.27. The van der Waals surface area contributed by atoms with E-state index >= 15 is 0 Å². The second kappa shape index (κ2) is 7.55. The number of halogens is 4. The Bertz CT molecular complexity index is 969. The van der Waals surface area contributed by atoms with Gasteiger partial charge >= 0.3 is 6.18 Å². The van der Waals surface area contributed by atoms with Gasteiger partial charge in [-0.05, 0) is 48.5 Å². The molecule has 0 fully saturated rings. The Labute approximate surface area is 155 Å². The van der Waals surface area contributed by atoms with Crippen LogP contribution >= 0.6 is 0 Å². The van der Waals surface area contributed by atoms with Gasteiger partial charge in [-0.3, -0.25) is 4.79 Å². The maximum atomic E-state index is 12.9. The van der Waals surface area contributed by atoms with Gasteiger partial charge in [0.05, 0.1) is 0 Å². The highest BCUT2D eigenvalue weighted by molar-refractivity contribution is 5.90. The van der Waals surface area contributed by atoms with Crippen LogP contribution in [-0.4, -0.2) is 20.7 Å². The summed E-state index contributed by atoms with van der Waals surface area (Å²) in [5.41, 5.74) is 5.73.